The average Bonchev–Trinajstić information content (AvgIpc) is 3.21. The smallest absolute Gasteiger partial charge is 0.329 e. The van der Waals surface area contributed by atoms with Crippen molar-refractivity contribution in [1.29, 1.82) is 0 Å². The second kappa shape index (κ2) is 10.1. The summed E-state index contributed by atoms with van der Waals surface area (Å²) in [6.07, 6.45) is 0.709. The van der Waals surface area contributed by atoms with E-state index in [1.807, 2.05) is 25.1 Å². The number of ether oxygens (including phenoxy) is 3. The Labute approximate surface area is 185 Å². The van der Waals surface area contributed by atoms with Gasteiger partial charge in [-0.25, -0.2) is 4.79 Å². The number of carbonyl (C=O) groups is 2. The highest BCUT2D eigenvalue weighted by atomic mass is 35.5. The Bertz CT molecular complexity index is 900. The largest absolute Gasteiger partial charge is 0.497 e. The summed E-state index contributed by atoms with van der Waals surface area (Å²) in [4.78, 5) is 27.9. The molecule has 1 aliphatic heterocycles. The van der Waals surface area contributed by atoms with E-state index in [-0.39, 0.29) is 5.91 Å². The third kappa shape index (κ3) is 4.68. The van der Waals surface area contributed by atoms with Crippen molar-refractivity contribution < 1.29 is 23.8 Å². The molecule has 0 spiro atoms. The molecule has 2 aromatic carbocycles. The number of esters is 1. The molecule has 30 heavy (non-hydrogen) atoms. The summed E-state index contributed by atoms with van der Waals surface area (Å²) in [5, 5.41) is 0.126. The number of benzene rings is 2. The van der Waals surface area contributed by atoms with Gasteiger partial charge in [-0.15, -0.1) is 11.8 Å². The van der Waals surface area contributed by atoms with Gasteiger partial charge < -0.3 is 19.1 Å². The standard InChI is InChI=1S/C22H24ClNO5S/c1-4-9-29-22(26)19-13-30-21(17-7-5-6-8-18(17)23)24(19)20(25)14-10-15(27-2)12-16(11-14)28-3/h5-8,10-12,19,21H,4,9,13H2,1-3H3. The highest BCUT2D eigenvalue weighted by Gasteiger charge is 2.44. The molecule has 6 nitrogen and oxygen atoms in total. The predicted molar refractivity (Wildman–Crippen MR) is 117 cm³/mol. The minimum atomic E-state index is -0.715. The molecule has 1 amide bonds. The summed E-state index contributed by atoms with van der Waals surface area (Å²) in [5.41, 5.74) is 1.14. The van der Waals surface area contributed by atoms with E-state index in [2.05, 4.69) is 0 Å². The zero-order chi connectivity index (χ0) is 21.7. The van der Waals surface area contributed by atoms with Crippen molar-refractivity contribution in [3.05, 3.63) is 58.6 Å². The Morgan fingerprint density at radius 3 is 2.40 bits per heavy atom. The van der Waals surface area contributed by atoms with Crippen LogP contribution in [0.25, 0.3) is 0 Å². The van der Waals surface area contributed by atoms with Crippen molar-refractivity contribution in [2.75, 3.05) is 26.6 Å². The van der Waals surface area contributed by atoms with E-state index in [9.17, 15) is 9.59 Å². The van der Waals surface area contributed by atoms with Crippen molar-refractivity contribution in [2.45, 2.75) is 24.8 Å². The maximum Gasteiger partial charge on any atom is 0.329 e. The maximum absolute atomic E-state index is 13.6. The third-order valence-electron chi connectivity index (χ3n) is 4.73. The van der Waals surface area contributed by atoms with E-state index in [4.69, 9.17) is 25.8 Å². The number of thioether (sulfide) groups is 1. The zero-order valence-corrected chi connectivity index (χ0v) is 18.7. The van der Waals surface area contributed by atoms with Crippen LogP contribution in [-0.2, 0) is 9.53 Å². The van der Waals surface area contributed by atoms with Crippen molar-refractivity contribution in [2.24, 2.45) is 0 Å². The van der Waals surface area contributed by atoms with Gasteiger partial charge in [0.15, 0.2) is 0 Å². The summed E-state index contributed by atoms with van der Waals surface area (Å²) in [6, 6.07) is 11.6. The minimum absolute atomic E-state index is 0.311. The molecule has 0 aliphatic carbocycles. The van der Waals surface area contributed by atoms with Crippen molar-refractivity contribution in [1.82, 2.24) is 4.90 Å². The first kappa shape index (κ1) is 22.3. The molecule has 0 N–H and O–H groups in total. The Kier molecular flexibility index (Phi) is 7.50. The number of methoxy groups -OCH3 is 2. The maximum atomic E-state index is 13.6. The van der Waals surface area contributed by atoms with Crippen LogP contribution in [0.1, 0.15) is 34.6 Å². The van der Waals surface area contributed by atoms with E-state index in [0.29, 0.717) is 40.9 Å². The van der Waals surface area contributed by atoms with Crippen LogP contribution in [-0.4, -0.2) is 49.4 Å². The first-order chi connectivity index (χ1) is 14.5. The number of rotatable bonds is 7. The van der Waals surface area contributed by atoms with Gasteiger partial charge in [0.25, 0.3) is 5.91 Å². The molecule has 2 aromatic rings. The number of amides is 1. The highest BCUT2D eigenvalue weighted by molar-refractivity contribution is 7.99. The summed E-state index contributed by atoms with van der Waals surface area (Å²) in [7, 11) is 3.04. The molecule has 3 rings (SSSR count). The van der Waals surface area contributed by atoms with Crippen molar-refractivity contribution in [3.63, 3.8) is 0 Å². The first-order valence-electron chi connectivity index (χ1n) is 9.58. The van der Waals surface area contributed by atoms with Gasteiger partial charge in [0.05, 0.1) is 20.8 Å². The lowest BCUT2D eigenvalue weighted by Crippen LogP contribution is -2.44. The van der Waals surface area contributed by atoms with Crippen LogP contribution in [0.15, 0.2) is 42.5 Å². The second-order valence-corrected chi connectivity index (χ2v) is 8.22. The van der Waals surface area contributed by atoms with Crippen LogP contribution >= 0.6 is 23.4 Å². The fourth-order valence-electron chi connectivity index (χ4n) is 3.23. The topological polar surface area (TPSA) is 65.1 Å². The Morgan fingerprint density at radius 2 is 1.80 bits per heavy atom. The normalized spacial score (nSPS) is 18.2. The SMILES string of the molecule is CCCOC(=O)C1CSC(c2ccccc2Cl)N1C(=O)c1cc(OC)cc(OC)c1. The summed E-state index contributed by atoms with van der Waals surface area (Å²) < 4.78 is 16.0. The molecule has 1 heterocycles. The van der Waals surface area contributed by atoms with E-state index in [0.717, 1.165) is 5.56 Å². The number of hydrogen-bond acceptors (Lipinski definition) is 6. The van der Waals surface area contributed by atoms with Gasteiger partial charge in [0.1, 0.15) is 22.9 Å². The minimum Gasteiger partial charge on any atom is -0.497 e. The molecule has 8 heteroatoms. The van der Waals surface area contributed by atoms with Crippen LogP contribution in [0, 0.1) is 0 Å². The molecule has 1 saturated heterocycles. The fourth-order valence-corrected chi connectivity index (χ4v) is 4.98. The van der Waals surface area contributed by atoms with Gasteiger partial charge in [-0.2, -0.15) is 0 Å². The molecular formula is C22H24ClNO5S. The molecule has 1 aliphatic rings. The molecule has 2 unspecified atom stereocenters. The van der Waals surface area contributed by atoms with Gasteiger partial charge >= 0.3 is 5.97 Å². The lowest BCUT2D eigenvalue weighted by atomic mass is 10.1. The van der Waals surface area contributed by atoms with Crippen LogP contribution in [0.5, 0.6) is 11.5 Å². The number of hydrogen-bond donors (Lipinski definition) is 0. The lowest BCUT2D eigenvalue weighted by Gasteiger charge is -2.29. The fraction of sp³-hybridized carbons (Fsp3) is 0.364. The van der Waals surface area contributed by atoms with E-state index in [1.165, 1.54) is 26.0 Å². The van der Waals surface area contributed by atoms with Crippen LogP contribution in [0.3, 0.4) is 0 Å². The summed E-state index contributed by atoms with van der Waals surface area (Å²) in [6.45, 7) is 2.24. The first-order valence-corrected chi connectivity index (χ1v) is 11.0. The van der Waals surface area contributed by atoms with Gasteiger partial charge in [-0.3, -0.25) is 4.79 Å². The summed E-state index contributed by atoms with van der Waals surface area (Å²) in [5.74, 6) is 0.668. The van der Waals surface area contributed by atoms with Crippen LogP contribution < -0.4 is 9.47 Å². The zero-order valence-electron chi connectivity index (χ0n) is 17.1. The third-order valence-corrected chi connectivity index (χ3v) is 6.37. The molecule has 0 radical (unpaired) electrons. The number of carbonyl (C=O) groups excluding carboxylic acids is 2. The van der Waals surface area contributed by atoms with Crippen LogP contribution in [0.2, 0.25) is 5.02 Å². The number of nitrogens with zero attached hydrogens (tertiary/aromatic N) is 1. The van der Waals surface area contributed by atoms with Crippen molar-refractivity contribution in [3.8, 4) is 11.5 Å². The van der Waals surface area contributed by atoms with E-state index in [1.54, 1.807) is 29.2 Å². The Balaban J connectivity index is 2.02. The monoisotopic (exact) mass is 449 g/mol. The molecular weight excluding hydrogens is 426 g/mol. The Hall–Kier alpha value is -2.38. The van der Waals surface area contributed by atoms with Gasteiger partial charge in [0, 0.05) is 28.0 Å². The van der Waals surface area contributed by atoms with Crippen molar-refractivity contribution >= 4 is 35.2 Å². The second-order valence-electron chi connectivity index (χ2n) is 6.70. The summed E-state index contributed by atoms with van der Waals surface area (Å²) >= 11 is 7.91. The molecule has 0 saturated carbocycles. The van der Waals surface area contributed by atoms with Gasteiger partial charge in [-0.1, -0.05) is 36.7 Å². The number of halogens is 1. The van der Waals surface area contributed by atoms with E-state index < -0.39 is 17.4 Å². The van der Waals surface area contributed by atoms with E-state index >= 15 is 0 Å². The molecule has 1 fully saturated rings. The lowest BCUT2D eigenvalue weighted by molar-refractivity contribution is -0.148. The van der Waals surface area contributed by atoms with Gasteiger partial charge in [-0.05, 0) is 24.6 Å². The highest BCUT2D eigenvalue weighted by Crippen LogP contribution is 2.45. The quantitative estimate of drug-likeness (QED) is 0.577. The van der Waals surface area contributed by atoms with Gasteiger partial charge in [0.2, 0.25) is 0 Å². The van der Waals surface area contributed by atoms with Crippen LogP contribution in [0.4, 0.5) is 0 Å². The molecule has 0 bridgehead atoms. The average molecular weight is 450 g/mol. The molecule has 2 atom stereocenters. The molecule has 0 aromatic heterocycles. The predicted octanol–water partition coefficient (Wildman–Crippen LogP) is 4.57. The Morgan fingerprint density at radius 1 is 1.13 bits per heavy atom. The molecule has 160 valence electrons.